The van der Waals surface area contributed by atoms with Gasteiger partial charge in [0.2, 0.25) is 5.91 Å². The van der Waals surface area contributed by atoms with Gasteiger partial charge < -0.3 is 10.1 Å². The molecule has 1 amide bonds. The van der Waals surface area contributed by atoms with E-state index < -0.39 is 0 Å². The molecule has 0 aliphatic heterocycles. The third-order valence-electron chi connectivity index (χ3n) is 2.83. The Bertz CT molecular complexity index is 432. The maximum atomic E-state index is 11.7. The number of ether oxygens (including phenoxy) is 1. The number of halogens is 1. The van der Waals surface area contributed by atoms with Gasteiger partial charge >= 0.3 is 0 Å². The van der Waals surface area contributed by atoms with Gasteiger partial charge in [0.25, 0.3) is 0 Å². The van der Waals surface area contributed by atoms with Gasteiger partial charge in [-0.1, -0.05) is 47.5 Å². The SMILES string of the molecule is Cc1ccc(OCCNC(=O)C(Br)C(C)C)c(C)c1. The third-order valence-corrected chi connectivity index (χ3v) is 4.30. The van der Waals surface area contributed by atoms with Gasteiger partial charge in [-0.2, -0.15) is 0 Å². The molecule has 0 heterocycles. The fraction of sp³-hybridized carbons (Fsp3) is 0.533. The highest BCUT2D eigenvalue weighted by Gasteiger charge is 2.17. The van der Waals surface area contributed by atoms with Gasteiger partial charge in [-0.05, 0) is 31.4 Å². The standard InChI is InChI=1S/C15H22BrNO2/c1-10(2)14(16)15(18)17-7-8-19-13-6-5-11(3)9-12(13)4/h5-6,9-10,14H,7-8H2,1-4H3,(H,17,18). The lowest BCUT2D eigenvalue weighted by Gasteiger charge is -2.14. The molecule has 0 spiro atoms. The van der Waals surface area contributed by atoms with E-state index in [1.54, 1.807) is 0 Å². The van der Waals surface area contributed by atoms with Crippen molar-refractivity contribution in [1.82, 2.24) is 5.32 Å². The molecule has 3 nitrogen and oxygen atoms in total. The minimum absolute atomic E-state index is 0.0132. The van der Waals surface area contributed by atoms with Gasteiger partial charge in [0.1, 0.15) is 12.4 Å². The number of hydrogen-bond acceptors (Lipinski definition) is 2. The molecule has 0 saturated carbocycles. The lowest BCUT2D eigenvalue weighted by Crippen LogP contribution is -2.36. The van der Waals surface area contributed by atoms with E-state index >= 15 is 0 Å². The minimum Gasteiger partial charge on any atom is -0.491 e. The number of hydrogen-bond donors (Lipinski definition) is 1. The van der Waals surface area contributed by atoms with Gasteiger partial charge in [-0.25, -0.2) is 0 Å². The number of rotatable bonds is 6. The zero-order chi connectivity index (χ0) is 14.4. The van der Waals surface area contributed by atoms with Crippen LogP contribution in [0.25, 0.3) is 0 Å². The zero-order valence-electron chi connectivity index (χ0n) is 12.0. The van der Waals surface area contributed by atoms with Crippen molar-refractivity contribution in [3.63, 3.8) is 0 Å². The number of carbonyl (C=O) groups excluding carboxylic acids is 1. The van der Waals surface area contributed by atoms with E-state index in [2.05, 4.69) is 34.2 Å². The van der Waals surface area contributed by atoms with Crippen LogP contribution in [0.5, 0.6) is 5.75 Å². The van der Waals surface area contributed by atoms with Crippen molar-refractivity contribution in [2.45, 2.75) is 32.5 Å². The van der Waals surface area contributed by atoms with E-state index in [1.807, 2.05) is 32.9 Å². The molecule has 4 heteroatoms. The summed E-state index contributed by atoms with van der Waals surface area (Å²) in [5, 5.41) is 2.85. The number of nitrogens with one attached hydrogen (secondary N) is 1. The van der Waals surface area contributed by atoms with Crippen LogP contribution < -0.4 is 10.1 Å². The molecule has 0 aromatic heterocycles. The molecule has 1 unspecified atom stereocenters. The Hall–Kier alpha value is -1.03. The molecule has 106 valence electrons. The molecule has 1 aromatic carbocycles. The maximum absolute atomic E-state index is 11.7. The Morgan fingerprint density at radius 3 is 2.63 bits per heavy atom. The van der Waals surface area contributed by atoms with Crippen molar-refractivity contribution in [3.8, 4) is 5.75 Å². The Balaban J connectivity index is 2.33. The highest BCUT2D eigenvalue weighted by Crippen LogP contribution is 2.18. The highest BCUT2D eigenvalue weighted by atomic mass is 79.9. The number of alkyl halides is 1. The summed E-state index contributed by atoms with van der Waals surface area (Å²) >= 11 is 3.37. The van der Waals surface area contributed by atoms with E-state index in [4.69, 9.17) is 4.74 Å². The average Bonchev–Trinajstić information content (AvgIpc) is 2.35. The van der Waals surface area contributed by atoms with Crippen molar-refractivity contribution in [2.75, 3.05) is 13.2 Å². The maximum Gasteiger partial charge on any atom is 0.234 e. The first-order valence-electron chi connectivity index (χ1n) is 6.53. The second-order valence-corrected chi connectivity index (χ2v) is 6.04. The number of carbonyl (C=O) groups is 1. The molecule has 19 heavy (non-hydrogen) atoms. The first-order chi connectivity index (χ1) is 8.91. The lowest BCUT2D eigenvalue weighted by atomic mass is 10.1. The molecule has 0 radical (unpaired) electrons. The Kier molecular flexibility index (Phi) is 6.35. The largest absolute Gasteiger partial charge is 0.491 e. The Morgan fingerprint density at radius 2 is 2.05 bits per heavy atom. The summed E-state index contributed by atoms with van der Waals surface area (Å²) in [5.74, 6) is 1.17. The van der Waals surface area contributed by atoms with Crippen molar-refractivity contribution < 1.29 is 9.53 Å². The first-order valence-corrected chi connectivity index (χ1v) is 7.45. The molecule has 1 atom stereocenters. The summed E-state index contributed by atoms with van der Waals surface area (Å²) in [6.07, 6.45) is 0. The molecular weight excluding hydrogens is 306 g/mol. The second kappa shape index (κ2) is 7.53. The number of aryl methyl sites for hydroxylation is 2. The van der Waals surface area contributed by atoms with Crippen LogP contribution in [0, 0.1) is 19.8 Å². The molecule has 0 fully saturated rings. The van der Waals surface area contributed by atoms with Crippen molar-refractivity contribution in [2.24, 2.45) is 5.92 Å². The first kappa shape index (κ1) is 16.0. The van der Waals surface area contributed by atoms with Gasteiger partial charge in [-0.15, -0.1) is 0 Å². The molecule has 0 bridgehead atoms. The molecule has 0 aliphatic rings. The summed E-state index contributed by atoms with van der Waals surface area (Å²) in [4.78, 5) is 11.5. The summed E-state index contributed by atoms with van der Waals surface area (Å²) in [6, 6.07) is 6.07. The molecule has 1 rings (SSSR count). The minimum atomic E-state index is -0.145. The van der Waals surface area contributed by atoms with Crippen molar-refractivity contribution >= 4 is 21.8 Å². The van der Waals surface area contributed by atoms with Crippen LogP contribution >= 0.6 is 15.9 Å². The molecule has 0 saturated heterocycles. The van der Waals surface area contributed by atoms with Crippen LogP contribution in [0.4, 0.5) is 0 Å². The normalized spacial score (nSPS) is 12.3. The van der Waals surface area contributed by atoms with Gasteiger partial charge in [0, 0.05) is 0 Å². The van der Waals surface area contributed by atoms with E-state index in [-0.39, 0.29) is 16.7 Å². The predicted molar refractivity (Wildman–Crippen MR) is 82.0 cm³/mol. The summed E-state index contributed by atoms with van der Waals surface area (Å²) in [6.45, 7) is 9.08. The number of benzene rings is 1. The van der Waals surface area contributed by atoms with Gasteiger partial charge in [0.15, 0.2) is 0 Å². The van der Waals surface area contributed by atoms with Gasteiger partial charge in [0.05, 0.1) is 11.4 Å². The Morgan fingerprint density at radius 1 is 1.37 bits per heavy atom. The Labute approximate surface area is 123 Å². The van der Waals surface area contributed by atoms with Gasteiger partial charge in [-0.3, -0.25) is 4.79 Å². The molecular formula is C15H22BrNO2. The van der Waals surface area contributed by atoms with E-state index in [9.17, 15) is 4.79 Å². The fourth-order valence-corrected chi connectivity index (χ4v) is 1.86. The summed E-state index contributed by atoms with van der Waals surface area (Å²) < 4.78 is 5.65. The molecule has 1 N–H and O–H groups in total. The third kappa shape index (κ3) is 5.23. The quantitative estimate of drug-likeness (QED) is 0.643. The van der Waals surface area contributed by atoms with Crippen LogP contribution in [0.1, 0.15) is 25.0 Å². The molecule has 1 aromatic rings. The van der Waals surface area contributed by atoms with E-state index in [0.717, 1.165) is 11.3 Å². The number of amides is 1. The smallest absolute Gasteiger partial charge is 0.234 e. The highest BCUT2D eigenvalue weighted by molar-refractivity contribution is 9.10. The van der Waals surface area contributed by atoms with Crippen LogP contribution in [-0.4, -0.2) is 23.9 Å². The molecule has 0 aliphatic carbocycles. The van der Waals surface area contributed by atoms with Crippen molar-refractivity contribution in [3.05, 3.63) is 29.3 Å². The average molecular weight is 328 g/mol. The van der Waals surface area contributed by atoms with E-state index in [1.165, 1.54) is 5.56 Å². The predicted octanol–water partition coefficient (Wildman–Crippen LogP) is 3.22. The monoisotopic (exact) mass is 327 g/mol. The van der Waals surface area contributed by atoms with E-state index in [0.29, 0.717) is 13.2 Å². The van der Waals surface area contributed by atoms with Crippen LogP contribution in [0.15, 0.2) is 18.2 Å². The summed E-state index contributed by atoms with van der Waals surface area (Å²) in [7, 11) is 0. The summed E-state index contributed by atoms with van der Waals surface area (Å²) in [5.41, 5.74) is 2.34. The topological polar surface area (TPSA) is 38.3 Å². The fourth-order valence-electron chi connectivity index (χ4n) is 1.70. The van der Waals surface area contributed by atoms with Crippen LogP contribution in [0.2, 0.25) is 0 Å². The zero-order valence-corrected chi connectivity index (χ0v) is 13.6. The second-order valence-electron chi connectivity index (χ2n) is 5.05. The lowest BCUT2D eigenvalue weighted by molar-refractivity contribution is -0.121. The van der Waals surface area contributed by atoms with Crippen LogP contribution in [-0.2, 0) is 4.79 Å². The van der Waals surface area contributed by atoms with Crippen molar-refractivity contribution in [1.29, 1.82) is 0 Å². The van der Waals surface area contributed by atoms with Crippen LogP contribution in [0.3, 0.4) is 0 Å².